The van der Waals surface area contributed by atoms with Crippen molar-refractivity contribution in [3.63, 3.8) is 0 Å². The zero-order valence-electron chi connectivity index (χ0n) is 10.8. The Morgan fingerprint density at radius 3 is 2.83 bits per heavy atom. The molecule has 0 bridgehead atoms. The van der Waals surface area contributed by atoms with Gasteiger partial charge in [-0.05, 0) is 30.7 Å². The Balaban J connectivity index is 1.75. The average Bonchev–Trinajstić information content (AvgIpc) is 2.45. The third-order valence-corrected chi connectivity index (χ3v) is 3.50. The quantitative estimate of drug-likeness (QED) is 0.805. The minimum atomic E-state index is 0.148. The Bertz CT molecular complexity index is 323. The second-order valence-electron chi connectivity index (χ2n) is 5.06. The Labute approximate surface area is 109 Å². The van der Waals surface area contributed by atoms with E-state index in [1.54, 1.807) is 0 Å². The van der Waals surface area contributed by atoms with E-state index in [2.05, 4.69) is 17.4 Å². The summed E-state index contributed by atoms with van der Waals surface area (Å²) in [5.41, 5.74) is 1.27. The van der Waals surface area contributed by atoms with Gasteiger partial charge in [0.25, 0.3) is 0 Å². The van der Waals surface area contributed by atoms with Crippen molar-refractivity contribution >= 4 is 0 Å². The Morgan fingerprint density at radius 1 is 1.33 bits per heavy atom. The van der Waals surface area contributed by atoms with Crippen molar-refractivity contribution in [1.29, 1.82) is 0 Å². The van der Waals surface area contributed by atoms with Crippen LogP contribution >= 0.6 is 0 Å². The third-order valence-electron chi connectivity index (χ3n) is 3.50. The van der Waals surface area contributed by atoms with Crippen molar-refractivity contribution in [3.05, 3.63) is 35.9 Å². The van der Waals surface area contributed by atoms with Crippen molar-refractivity contribution < 1.29 is 9.84 Å². The number of rotatable bonds is 6. The van der Waals surface area contributed by atoms with Gasteiger partial charge in [-0.25, -0.2) is 0 Å². The van der Waals surface area contributed by atoms with E-state index in [0.717, 1.165) is 32.6 Å². The lowest BCUT2D eigenvalue weighted by Crippen LogP contribution is -2.39. The summed E-state index contributed by atoms with van der Waals surface area (Å²) in [7, 11) is 0. The van der Waals surface area contributed by atoms with E-state index < -0.39 is 0 Å². The molecule has 2 unspecified atom stereocenters. The fourth-order valence-electron chi connectivity index (χ4n) is 2.40. The minimum Gasteiger partial charge on any atom is -0.395 e. The van der Waals surface area contributed by atoms with Crippen LogP contribution in [0.4, 0.5) is 0 Å². The van der Waals surface area contributed by atoms with Crippen LogP contribution in [0.2, 0.25) is 0 Å². The molecule has 1 aliphatic heterocycles. The van der Waals surface area contributed by atoms with Crippen LogP contribution in [0, 0.1) is 5.92 Å². The second-order valence-corrected chi connectivity index (χ2v) is 5.06. The van der Waals surface area contributed by atoms with Gasteiger partial charge < -0.3 is 15.2 Å². The molecule has 0 amide bonds. The summed E-state index contributed by atoms with van der Waals surface area (Å²) in [6.07, 6.45) is 3.27. The molecule has 1 aliphatic rings. The topological polar surface area (TPSA) is 41.5 Å². The average molecular weight is 249 g/mol. The number of ether oxygens (including phenoxy) is 1. The summed E-state index contributed by atoms with van der Waals surface area (Å²) < 4.78 is 5.46. The molecule has 18 heavy (non-hydrogen) atoms. The summed E-state index contributed by atoms with van der Waals surface area (Å²) in [6.45, 7) is 2.89. The van der Waals surface area contributed by atoms with Gasteiger partial charge in [-0.2, -0.15) is 0 Å². The first-order chi connectivity index (χ1) is 8.88. The van der Waals surface area contributed by atoms with Crippen molar-refractivity contribution in [3.8, 4) is 0 Å². The molecule has 2 N–H and O–H groups in total. The van der Waals surface area contributed by atoms with Crippen LogP contribution in [-0.2, 0) is 11.2 Å². The number of benzene rings is 1. The smallest absolute Gasteiger partial charge is 0.0587 e. The molecule has 3 heteroatoms. The summed E-state index contributed by atoms with van der Waals surface area (Å²) >= 11 is 0. The maximum atomic E-state index is 9.42. The van der Waals surface area contributed by atoms with E-state index in [9.17, 15) is 5.11 Å². The predicted octanol–water partition coefficient (Wildman–Crippen LogP) is 1.61. The van der Waals surface area contributed by atoms with Crippen LogP contribution in [-0.4, -0.2) is 37.5 Å². The fraction of sp³-hybridized carbons (Fsp3) is 0.600. The van der Waals surface area contributed by atoms with Crippen LogP contribution in [0.5, 0.6) is 0 Å². The van der Waals surface area contributed by atoms with Crippen molar-refractivity contribution in [2.24, 2.45) is 5.92 Å². The molecule has 2 atom stereocenters. The van der Waals surface area contributed by atoms with E-state index in [4.69, 9.17) is 4.74 Å². The van der Waals surface area contributed by atoms with Gasteiger partial charge in [-0.15, -0.1) is 0 Å². The molecule has 1 aromatic carbocycles. The molecule has 1 saturated heterocycles. The molecule has 0 aromatic heterocycles. The summed E-state index contributed by atoms with van der Waals surface area (Å²) in [5.74, 6) is 0.601. The van der Waals surface area contributed by atoms with E-state index >= 15 is 0 Å². The molecule has 1 heterocycles. The maximum Gasteiger partial charge on any atom is 0.0587 e. The zero-order valence-corrected chi connectivity index (χ0v) is 10.8. The van der Waals surface area contributed by atoms with Gasteiger partial charge in [0.1, 0.15) is 0 Å². The largest absolute Gasteiger partial charge is 0.395 e. The lowest BCUT2D eigenvalue weighted by molar-refractivity contribution is 0.0528. The van der Waals surface area contributed by atoms with E-state index in [0.29, 0.717) is 5.92 Å². The first kappa shape index (κ1) is 13.5. The summed E-state index contributed by atoms with van der Waals surface area (Å²) in [6, 6.07) is 10.5. The highest BCUT2D eigenvalue weighted by atomic mass is 16.5. The number of nitrogens with one attached hydrogen (secondary N) is 1. The predicted molar refractivity (Wildman–Crippen MR) is 72.6 cm³/mol. The maximum absolute atomic E-state index is 9.42. The van der Waals surface area contributed by atoms with Crippen LogP contribution in [0.1, 0.15) is 18.4 Å². The van der Waals surface area contributed by atoms with Gasteiger partial charge in [0.05, 0.1) is 13.2 Å². The van der Waals surface area contributed by atoms with Crippen molar-refractivity contribution in [2.75, 3.05) is 26.4 Å². The van der Waals surface area contributed by atoms with Gasteiger partial charge in [0, 0.05) is 19.2 Å². The SMILES string of the molecule is OCC(Cc1ccccc1)NCC1CCCOC1. The molecule has 0 aliphatic carbocycles. The van der Waals surface area contributed by atoms with Gasteiger partial charge >= 0.3 is 0 Å². The van der Waals surface area contributed by atoms with Gasteiger partial charge in [0.15, 0.2) is 0 Å². The van der Waals surface area contributed by atoms with Gasteiger partial charge in [-0.1, -0.05) is 30.3 Å². The highest BCUT2D eigenvalue weighted by molar-refractivity contribution is 5.15. The first-order valence-electron chi connectivity index (χ1n) is 6.84. The van der Waals surface area contributed by atoms with Crippen molar-refractivity contribution in [1.82, 2.24) is 5.32 Å². The highest BCUT2D eigenvalue weighted by Crippen LogP contribution is 2.12. The minimum absolute atomic E-state index is 0.148. The summed E-state index contributed by atoms with van der Waals surface area (Å²) in [4.78, 5) is 0. The van der Waals surface area contributed by atoms with Gasteiger partial charge in [-0.3, -0.25) is 0 Å². The highest BCUT2D eigenvalue weighted by Gasteiger charge is 2.15. The Kier molecular flexibility index (Phi) is 5.65. The first-order valence-corrected chi connectivity index (χ1v) is 6.84. The lowest BCUT2D eigenvalue weighted by Gasteiger charge is -2.25. The third kappa shape index (κ3) is 4.41. The van der Waals surface area contributed by atoms with E-state index in [1.807, 2.05) is 18.2 Å². The number of hydrogen-bond donors (Lipinski definition) is 2. The normalized spacial score (nSPS) is 21.7. The molecule has 1 fully saturated rings. The van der Waals surface area contributed by atoms with E-state index in [-0.39, 0.29) is 12.6 Å². The monoisotopic (exact) mass is 249 g/mol. The van der Waals surface area contributed by atoms with Gasteiger partial charge in [0.2, 0.25) is 0 Å². The number of aliphatic hydroxyl groups excluding tert-OH is 1. The molecule has 2 rings (SSSR count). The lowest BCUT2D eigenvalue weighted by atomic mass is 10.0. The number of aliphatic hydroxyl groups is 1. The molecular formula is C15H23NO2. The Hall–Kier alpha value is -0.900. The molecule has 0 spiro atoms. The van der Waals surface area contributed by atoms with Crippen molar-refractivity contribution in [2.45, 2.75) is 25.3 Å². The molecular weight excluding hydrogens is 226 g/mol. The molecule has 0 saturated carbocycles. The molecule has 3 nitrogen and oxygen atoms in total. The Morgan fingerprint density at radius 2 is 2.17 bits per heavy atom. The van der Waals surface area contributed by atoms with Crippen LogP contribution in [0.15, 0.2) is 30.3 Å². The van der Waals surface area contributed by atoms with E-state index in [1.165, 1.54) is 12.0 Å². The van der Waals surface area contributed by atoms with Crippen LogP contribution in [0.3, 0.4) is 0 Å². The number of hydrogen-bond acceptors (Lipinski definition) is 3. The molecule has 1 aromatic rings. The van der Waals surface area contributed by atoms with Crippen LogP contribution < -0.4 is 5.32 Å². The van der Waals surface area contributed by atoms with Crippen LogP contribution in [0.25, 0.3) is 0 Å². The second kappa shape index (κ2) is 7.52. The zero-order chi connectivity index (χ0) is 12.6. The standard InChI is InChI=1S/C15H23NO2/c17-11-15(9-13-5-2-1-3-6-13)16-10-14-7-4-8-18-12-14/h1-3,5-6,14-17H,4,7-12H2. The fourth-order valence-corrected chi connectivity index (χ4v) is 2.40. The summed E-state index contributed by atoms with van der Waals surface area (Å²) in [5, 5.41) is 12.9. The molecule has 100 valence electrons. The molecule has 0 radical (unpaired) electrons.